The number of nitrogens with zero attached hydrogens (tertiary/aromatic N) is 6. The summed E-state index contributed by atoms with van der Waals surface area (Å²) in [6, 6.07) is 9.64. The Bertz CT molecular complexity index is 1450. The molecule has 1 aliphatic heterocycles. The Kier molecular flexibility index (Phi) is 6.06. The lowest BCUT2D eigenvalue weighted by Crippen LogP contribution is -2.19. The highest BCUT2D eigenvalue weighted by atomic mass is 32.2. The van der Waals surface area contributed by atoms with E-state index >= 15 is 0 Å². The molecule has 184 valence electrons. The van der Waals surface area contributed by atoms with E-state index in [1.807, 2.05) is 62.8 Å². The van der Waals surface area contributed by atoms with Crippen LogP contribution >= 0.6 is 0 Å². The van der Waals surface area contributed by atoms with Gasteiger partial charge in [0, 0.05) is 23.4 Å². The zero-order valence-electron chi connectivity index (χ0n) is 20.2. The standard InChI is InChI=1S/C24H28N6O4S/c1-15-20(16(2)30(27-15)19-10-11-35(31,32)14-19)12-29(4)13-21-25-26-24(33-21)22-17(3)34-28-23(22)18-8-6-5-7-9-18/h5-9,19H,10-14H2,1-4H3. The van der Waals surface area contributed by atoms with Crippen LogP contribution in [0.15, 0.2) is 39.3 Å². The van der Waals surface area contributed by atoms with Gasteiger partial charge in [-0.15, -0.1) is 10.2 Å². The molecule has 1 unspecified atom stereocenters. The van der Waals surface area contributed by atoms with Crippen molar-refractivity contribution in [2.75, 3.05) is 18.6 Å². The summed E-state index contributed by atoms with van der Waals surface area (Å²) in [7, 11) is -1.01. The third-order valence-corrected chi connectivity index (χ3v) is 8.20. The second-order valence-corrected chi connectivity index (χ2v) is 11.4. The fourth-order valence-electron chi connectivity index (χ4n) is 4.64. The van der Waals surface area contributed by atoms with E-state index in [1.165, 1.54) is 0 Å². The average molecular weight is 497 g/mol. The first-order valence-electron chi connectivity index (χ1n) is 11.5. The van der Waals surface area contributed by atoms with Crippen LogP contribution in [0.4, 0.5) is 0 Å². The Morgan fingerprint density at radius 3 is 2.60 bits per heavy atom. The van der Waals surface area contributed by atoms with Gasteiger partial charge in [0.25, 0.3) is 5.89 Å². The summed E-state index contributed by atoms with van der Waals surface area (Å²) in [6.07, 6.45) is 0.609. The van der Waals surface area contributed by atoms with Gasteiger partial charge in [-0.1, -0.05) is 35.5 Å². The Balaban J connectivity index is 1.32. The van der Waals surface area contributed by atoms with Gasteiger partial charge in [0.2, 0.25) is 5.89 Å². The Morgan fingerprint density at radius 2 is 1.89 bits per heavy atom. The maximum absolute atomic E-state index is 11.9. The summed E-state index contributed by atoms with van der Waals surface area (Å²) < 4.78 is 37.2. The quantitative estimate of drug-likeness (QED) is 0.378. The molecule has 1 saturated heterocycles. The lowest BCUT2D eigenvalue weighted by Gasteiger charge is -2.15. The number of aryl methyl sites for hydroxylation is 2. The van der Waals surface area contributed by atoms with Crippen LogP contribution in [0.5, 0.6) is 0 Å². The number of hydrogen-bond acceptors (Lipinski definition) is 9. The van der Waals surface area contributed by atoms with Crippen molar-refractivity contribution in [3.05, 3.63) is 58.9 Å². The molecule has 0 bridgehead atoms. The first-order chi connectivity index (χ1) is 16.7. The average Bonchev–Trinajstić information content (AvgIpc) is 3.58. The Morgan fingerprint density at radius 1 is 1.11 bits per heavy atom. The molecular formula is C24H28N6O4S. The SMILES string of the molecule is Cc1nn(C2CCS(=O)(=O)C2)c(C)c1CN(C)Cc1nnc(-c2c(-c3ccccc3)noc2C)o1. The number of aromatic nitrogens is 5. The lowest BCUT2D eigenvalue weighted by molar-refractivity contribution is 0.281. The molecule has 11 heteroatoms. The normalized spacial score (nSPS) is 17.5. The molecule has 1 atom stereocenters. The van der Waals surface area contributed by atoms with Gasteiger partial charge < -0.3 is 8.94 Å². The molecule has 4 aromatic rings. The molecule has 5 rings (SSSR count). The van der Waals surface area contributed by atoms with Gasteiger partial charge in [-0.05, 0) is 34.2 Å². The van der Waals surface area contributed by atoms with Crippen LogP contribution in [-0.2, 0) is 22.9 Å². The highest BCUT2D eigenvalue weighted by Crippen LogP contribution is 2.33. The van der Waals surface area contributed by atoms with Crippen molar-refractivity contribution in [3.8, 4) is 22.7 Å². The van der Waals surface area contributed by atoms with Crippen molar-refractivity contribution in [3.63, 3.8) is 0 Å². The highest BCUT2D eigenvalue weighted by molar-refractivity contribution is 7.91. The van der Waals surface area contributed by atoms with Gasteiger partial charge in [0.05, 0.1) is 29.8 Å². The maximum atomic E-state index is 11.9. The van der Waals surface area contributed by atoms with E-state index in [4.69, 9.17) is 8.94 Å². The molecule has 1 aliphatic rings. The molecule has 3 aromatic heterocycles. The first-order valence-corrected chi connectivity index (χ1v) is 13.3. The van der Waals surface area contributed by atoms with Crippen LogP contribution in [-0.4, -0.2) is 57.0 Å². The minimum absolute atomic E-state index is 0.0955. The molecule has 0 spiro atoms. The van der Waals surface area contributed by atoms with E-state index in [2.05, 4.69) is 25.4 Å². The zero-order valence-corrected chi connectivity index (χ0v) is 21.0. The predicted molar refractivity (Wildman–Crippen MR) is 129 cm³/mol. The number of benzene rings is 1. The van der Waals surface area contributed by atoms with Crippen molar-refractivity contribution in [1.82, 2.24) is 30.0 Å². The van der Waals surface area contributed by atoms with Gasteiger partial charge in [-0.2, -0.15) is 5.10 Å². The molecular weight excluding hydrogens is 468 g/mol. The monoisotopic (exact) mass is 496 g/mol. The van der Waals surface area contributed by atoms with Crippen LogP contribution in [0.1, 0.15) is 41.1 Å². The third kappa shape index (κ3) is 4.65. The topological polar surface area (TPSA) is 120 Å². The molecule has 0 radical (unpaired) electrons. The molecule has 1 aromatic carbocycles. The second-order valence-electron chi connectivity index (χ2n) is 9.15. The van der Waals surface area contributed by atoms with Crippen molar-refractivity contribution in [2.24, 2.45) is 0 Å². The predicted octanol–water partition coefficient (Wildman–Crippen LogP) is 3.50. The molecule has 1 fully saturated rings. The van der Waals surface area contributed by atoms with Crippen LogP contribution in [0.25, 0.3) is 22.7 Å². The van der Waals surface area contributed by atoms with Gasteiger partial charge in [0.1, 0.15) is 17.0 Å². The first kappa shape index (κ1) is 23.4. The van der Waals surface area contributed by atoms with E-state index < -0.39 is 9.84 Å². The fraction of sp³-hybridized carbons (Fsp3) is 0.417. The summed E-state index contributed by atoms with van der Waals surface area (Å²) in [5, 5.41) is 17.3. The Labute approximate surface area is 203 Å². The molecule has 0 aliphatic carbocycles. The largest absolute Gasteiger partial charge is 0.419 e. The molecule has 0 N–H and O–H groups in total. The van der Waals surface area contributed by atoms with Crippen LogP contribution < -0.4 is 0 Å². The highest BCUT2D eigenvalue weighted by Gasteiger charge is 2.31. The van der Waals surface area contributed by atoms with Gasteiger partial charge in [-0.3, -0.25) is 9.58 Å². The van der Waals surface area contributed by atoms with Crippen molar-refractivity contribution >= 4 is 9.84 Å². The Hall–Kier alpha value is -3.31. The lowest BCUT2D eigenvalue weighted by atomic mass is 10.1. The minimum atomic E-state index is -2.98. The summed E-state index contributed by atoms with van der Waals surface area (Å²) >= 11 is 0. The third-order valence-electron chi connectivity index (χ3n) is 6.45. The van der Waals surface area contributed by atoms with Crippen molar-refractivity contribution < 1.29 is 17.4 Å². The van der Waals surface area contributed by atoms with Gasteiger partial charge in [0.15, 0.2) is 9.84 Å². The van der Waals surface area contributed by atoms with E-state index in [9.17, 15) is 8.42 Å². The number of hydrogen-bond donors (Lipinski definition) is 0. The second kappa shape index (κ2) is 9.04. The summed E-state index contributed by atoms with van der Waals surface area (Å²) in [5.41, 5.74) is 5.25. The van der Waals surface area contributed by atoms with Crippen molar-refractivity contribution in [1.29, 1.82) is 0 Å². The summed E-state index contributed by atoms with van der Waals surface area (Å²) in [6.45, 7) is 6.85. The van der Waals surface area contributed by atoms with Crippen LogP contribution in [0.2, 0.25) is 0 Å². The molecule has 0 amide bonds. The summed E-state index contributed by atoms with van der Waals surface area (Å²) in [4.78, 5) is 2.07. The van der Waals surface area contributed by atoms with Crippen molar-refractivity contribution in [2.45, 2.75) is 46.3 Å². The molecule has 10 nitrogen and oxygen atoms in total. The molecule has 35 heavy (non-hydrogen) atoms. The maximum Gasteiger partial charge on any atom is 0.253 e. The summed E-state index contributed by atoms with van der Waals surface area (Å²) in [5.74, 6) is 1.84. The fourth-order valence-corrected chi connectivity index (χ4v) is 6.33. The minimum Gasteiger partial charge on any atom is -0.419 e. The number of rotatable bonds is 7. The van der Waals surface area contributed by atoms with Gasteiger partial charge >= 0.3 is 0 Å². The molecule has 4 heterocycles. The van der Waals surface area contributed by atoms with E-state index in [-0.39, 0.29) is 17.5 Å². The number of sulfone groups is 1. The van der Waals surface area contributed by atoms with Crippen LogP contribution in [0.3, 0.4) is 0 Å². The van der Waals surface area contributed by atoms with Crippen LogP contribution in [0, 0.1) is 20.8 Å². The smallest absolute Gasteiger partial charge is 0.253 e. The van der Waals surface area contributed by atoms with E-state index in [0.717, 1.165) is 22.5 Å². The molecule has 0 saturated carbocycles. The van der Waals surface area contributed by atoms with Gasteiger partial charge in [-0.25, -0.2) is 8.42 Å². The zero-order chi connectivity index (χ0) is 24.7. The van der Waals surface area contributed by atoms with E-state index in [1.54, 1.807) is 0 Å². The van der Waals surface area contributed by atoms with E-state index in [0.29, 0.717) is 48.3 Å².